The Morgan fingerprint density at radius 2 is 2.31 bits per heavy atom. The fraction of sp³-hybridized carbons (Fsp3) is 0. The molecule has 0 aliphatic carbocycles. The van der Waals surface area contributed by atoms with Gasteiger partial charge in [-0.25, -0.2) is 4.39 Å². The quantitative estimate of drug-likeness (QED) is 0.390. The fourth-order valence-electron chi connectivity index (χ4n) is 0.756. The van der Waals surface area contributed by atoms with Crippen molar-refractivity contribution in [3.63, 3.8) is 0 Å². The summed E-state index contributed by atoms with van der Waals surface area (Å²) in [6, 6.07) is 3.43. The molecule has 1 aromatic rings. The third-order valence-electron chi connectivity index (χ3n) is 1.29. The van der Waals surface area contributed by atoms with Crippen molar-refractivity contribution in [1.29, 1.82) is 0 Å². The van der Waals surface area contributed by atoms with Crippen molar-refractivity contribution in [2.75, 3.05) is 0 Å². The molecule has 0 fully saturated rings. The largest absolute Gasteiger partial charge is 0.287 e. The van der Waals surface area contributed by atoms with Gasteiger partial charge in [0.2, 0.25) is 0 Å². The molecule has 0 bridgehead atoms. The molecule has 0 aliphatic heterocycles. The Morgan fingerprint density at radius 3 is 2.92 bits per heavy atom. The minimum absolute atomic E-state index is 0.206. The van der Waals surface area contributed by atoms with Crippen molar-refractivity contribution in [1.82, 2.24) is 0 Å². The van der Waals surface area contributed by atoms with Crippen LogP contribution >= 0.6 is 11.6 Å². The number of hydrogen-bond acceptors (Lipinski definition) is 1. The van der Waals surface area contributed by atoms with Crippen LogP contribution in [0.25, 0.3) is 10.4 Å². The zero-order chi connectivity index (χ0) is 9.84. The van der Waals surface area contributed by atoms with Gasteiger partial charge in [-0.15, -0.1) is 0 Å². The normalized spacial score (nSPS) is 9.08. The van der Waals surface area contributed by atoms with E-state index in [4.69, 9.17) is 17.1 Å². The Hall–Kier alpha value is -1.58. The van der Waals surface area contributed by atoms with E-state index in [0.29, 0.717) is 0 Å². The molecular weight excluding hydrogens is 197 g/mol. The smallest absolute Gasteiger partial charge is 0.252 e. The van der Waals surface area contributed by atoms with E-state index >= 15 is 0 Å². The van der Waals surface area contributed by atoms with Crippen molar-refractivity contribution < 1.29 is 9.18 Å². The fourth-order valence-corrected chi connectivity index (χ4v) is 0.928. The molecule has 0 radical (unpaired) electrons. The lowest BCUT2D eigenvalue weighted by Crippen LogP contribution is -1.97. The number of hydrogen-bond donors (Lipinski definition) is 0. The second-order valence-corrected chi connectivity index (χ2v) is 2.56. The average molecular weight is 200 g/mol. The van der Waals surface area contributed by atoms with Crippen LogP contribution in [0.2, 0.25) is 5.02 Å². The molecule has 1 rings (SSSR count). The van der Waals surface area contributed by atoms with Gasteiger partial charge in [0.1, 0.15) is 5.82 Å². The first-order chi connectivity index (χ1) is 6.15. The Kier molecular flexibility index (Phi) is 2.84. The van der Waals surface area contributed by atoms with Crippen LogP contribution in [-0.4, -0.2) is 5.91 Å². The van der Waals surface area contributed by atoms with Gasteiger partial charge in [-0.05, 0) is 28.8 Å². The summed E-state index contributed by atoms with van der Waals surface area (Å²) in [6.07, 6.45) is 0. The maximum atomic E-state index is 12.9. The van der Waals surface area contributed by atoms with E-state index in [2.05, 4.69) is 10.0 Å². The van der Waals surface area contributed by atoms with Crippen molar-refractivity contribution in [2.24, 2.45) is 5.11 Å². The topological polar surface area (TPSA) is 65.8 Å². The predicted molar refractivity (Wildman–Crippen MR) is 44.9 cm³/mol. The van der Waals surface area contributed by atoms with E-state index in [1.807, 2.05) is 0 Å². The third-order valence-corrected chi connectivity index (χ3v) is 1.53. The number of benzene rings is 1. The number of amides is 1. The number of rotatable bonds is 1. The first kappa shape index (κ1) is 9.51. The number of carbonyl (C=O) groups excluding carboxylic acids is 1. The highest BCUT2D eigenvalue weighted by Crippen LogP contribution is 2.15. The van der Waals surface area contributed by atoms with Crippen LogP contribution in [0, 0.1) is 5.82 Å². The van der Waals surface area contributed by atoms with Gasteiger partial charge >= 0.3 is 0 Å². The molecule has 0 atom stereocenters. The zero-order valence-electron chi connectivity index (χ0n) is 6.24. The summed E-state index contributed by atoms with van der Waals surface area (Å²) in [7, 11) is 0. The zero-order valence-corrected chi connectivity index (χ0v) is 6.99. The lowest BCUT2D eigenvalue weighted by molar-refractivity contribution is 0.0996. The second kappa shape index (κ2) is 3.89. The van der Waals surface area contributed by atoms with Gasteiger partial charge in [-0.1, -0.05) is 11.6 Å². The molecule has 0 aromatic heterocycles. The Morgan fingerprint density at radius 1 is 1.62 bits per heavy atom. The summed E-state index contributed by atoms with van der Waals surface area (Å²) in [5.41, 5.74) is 7.61. The summed E-state index contributed by atoms with van der Waals surface area (Å²) in [5, 5.41) is 2.95. The molecule has 4 nitrogen and oxygen atoms in total. The monoisotopic (exact) mass is 199 g/mol. The van der Waals surface area contributed by atoms with Crippen molar-refractivity contribution in [3.05, 3.63) is 45.0 Å². The van der Waals surface area contributed by atoms with E-state index in [-0.39, 0.29) is 10.6 Å². The SMILES string of the molecule is [N-]=[N+]=NC(=O)c1cc(Cl)ccc1F. The molecule has 6 heteroatoms. The highest BCUT2D eigenvalue weighted by Gasteiger charge is 2.09. The average Bonchev–Trinajstić information content (AvgIpc) is 2.09. The maximum Gasteiger partial charge on any atom is 0.252 e. The van der Waals surface area contributed by atoms with Gasteiger partial charge in [-0.3, -0.25) is 4.79 Å². The molecule has 0 saturated carbocycles. The maximum absolute atomic E-state index is 12.9. The molecular formula is C7H3ClFN3O. The van der Waals surface area contributed by atoms with Gasteiger partial charge < -0.3 is 0 Å². The van der Waals surface area contributed by atoms with Gasteiger partial charge in [0.25, 0.3) is 5.91 Å². The number of nitrogens with zero attached hydrogens (tertiary/aromatic N) is 3. The first-order valence-electron chi connectivity index (χ1n) is 3.19. The third kappa shape index (κ3) is 2.18. The van der Waals surface area contributed by atoms with Crippen molar-refractivity contribution >= 4 is 17.5 Å². The highest BCUT2D eigenvalue weighted by atomic mass is 35.5. The van der Waals surface area contributed by atoms with E-state index in [1.165, 1.54) is 6.07 Å². The van der Waals surface area contributed by atoms with Crippen LogP contribution in [0.15, 0.2) is 23.3 Å². The molecule has 0 heterocycles. The summed E-state index contributed by atoms with van der Waals surface area (Å²) < 4.78 is 12.9. The summed E-state index contributed by atoms with van der Waals surface area (Å²) in [6.45, 7) is 0. The first-order valence-corrected chi connectivity index (χ1v) is 3.57. The van der Waals surface area contributed by atoms with E-state index in [9.17, 15) is 9.18 Å². The van der Waals surface area contributed by atoms with E-state index in [0.717, 1.165) is 12.1 Å². The molecule has 0 spiro atoms. The number of azide groups is 1. The molecule has 0 saturated heterocycles. The van der Waals surface area contributed by atoms with Crippen molar-refractivity contribution in [2.45, 2.75) is 0 Å². The molecule has 1 amide bonds. The van der Waals surface area contributed by atoms with Gasteiger partial charge in [0.05, 0.1) is 5.56 Å². The molecule has 1 aromatic carbocycles. The molecule has 0 N–H and O–H groups in total. The van der Waals surface area contributed by atoms with Crippen LogP contribution < -0.4 is 0 Å². The van der Waals surface area contributed by atoms with Crippen LogP contribution in [0.3, 0.4) is 0 Å². The number of halogens is 2. The highest BCUT2D eigenvalue weighted by molar-refractivity contribution is 6.31. The van der Waals surface area contributed by atoms with Crippen molar-refractivity contribution in [3.8, 4) is 0 Å². The second-order valence-electron chi connectivity index (χ2n) is 2.12. The molecule has 0 unspecified atom stereocenters. The lowest BCUT2D eigenvalue weighted by Gasteiger charge is -1.97. The minimum atomic E-state index is -0.984. The standard InChI is InChI=1S/C7H3ClFN3O/c8-4-1-2-6(9)5(3-4)7(13)11-12-10/h1-3H. The van der Waals surface area contributed by atoms with Crippen LogP contribution in [-0.2, 0) is 0 Å². The summed E-state index contributed by atoms with van der Waals surface area (Å²) in [4.78, 5) is 13.1. The predicted octanol–water partition coefficient (Wildman–Crippen LogP) is 2.93. The van der Waals surface area contributed by atoms with E-state index in [1.54, 1.807) is 0 Å². The van der Waals surface area contributed by atoms with E-state index < -0.39 is 11.7 Å². The Bertz CT molecular complexity index is 401. The molecule has 0 aliphatic rings. The minimum Gasteiger partial charge on any atom is -0.287 e. The van der Waals surface area contributed by atoms with Crippen LogP contribution in [0.1, 0.15) is 10.4 Å². The summed E-state index contributed by atoms with van der Waals surface area (Å²) in [5.74, 6) is -1.75. The van der Waals surface area contributed by atoms with Gasteiger partial charge in [-0.2, -0.15) is 0 Å². The number of carbonyl (C=O) groups is 1. The van der Waals surface area contributed by atoms with Crippen LogP contribution in [0.5, 0.6) is 0 Å². The molecule has 66 valence electrons. The van der Waals surface area contributed by atoms with Gasteiger partial charge in [0.15, 0.2) is 0 Å². The Labute approximate surface area is 77.6 Å². The Balaban J connectivity index is 3.20. The lowest BCUT2D eigenvalue weighted by atomic mass is 10.2. The van der Waals surface area contributed by atoms with Gasteiger partial charge in [0, 0.05) is 9.93 Å². The van der Waals surface area contributed by atoms with Crippen LogP contribution in [0.4, 0.5) is 4.39 Å². The summed E-state index contributed by atoms with van der Waals surface area (Å²) >= 11 is 5.51. The molecule has 13 heavy (non-hydrogen) atoms.